The molecule has 0 aromatic rings. The Morgan fingerprint density at radius 3 is 2.33 bits per heavy atom. The maximum Gasteiger partial charge on any atom is 0.239 e. The number of nitrogens with zero attached hydrogens (tertiary/aromatic N) is 2. The lowest BCUT2D eigenvalue weighted by Gasteiger charge is -2.28. The van der Waals surface area contributed by atoms with Gasteiger partial charge in [0.05, 0.1) is 6.04 Å². The van der Waals surface area contributed by atoms with E-state index >= 15 is 0 Å². The van der Waals surface area contributed by atoms with Crippen LogP contribution in [0.25, 0.3) is 0 Å². The highest BCUT2D eigenvalue weighted by molar-refractivity contribution is 7.98. The first-order chi connectivity index (χ1) is 8.38. The fraction of sp³-hybridized carbons (Fsp3) is 0.923. The predicted molar refractivity (Wildman–Crippen MR) is 80.9 cm³/mol. The quantitative estimate of drug-likeness (QED) is 0.685. The van der Waals surface area contributed by atoms with Crippen molar-refractivity contribution in [2.45, 2.75) is 26.3 Å². The summed E-state index contributed by atoms with van der Waals surface area (Å²) >= 11 is 1.73. The molecular formula is C13H29N3OS. The molecule has 0 rings (SSSR count). The van der Waals surface area contributed by atoms with Crippen molar-refractivity contribution in [1.82, 2.24) is 9.80 Å². The standard InChI is InChI=1S/C13H29N3OS/c1-11(2)10-16(8-7-15(3)4)13(17)12(14)6-9-18-5/h11-12H,6-10,14H2,1-5H3/t12-/m0/s1. The topological polar surface area (TPSA) is 49.6 Å². The van der Waals surface area contributed by atoms with Crippen molar-refractivity contribution < 1.29 is 4.79 Å². The lowest BCUT2D eigenvalue weighted by Crippen LogP contribution is -2.47. The minimum atomic E-state index is -0.349. The highest BCUT2D eigenvalue weighted by atomic mass is 32.2. The Morgan fingerprint density at radius 2 is 1.89 bits per heavy atom. The zero-order chi connectivity index (χ0) is 14.1. The molecule has 0 radical (unpaired) electrons. The monoisotopic (exact) mass is 275 g/mol. The first-order valence-corrected chi connectivity index (χ1v) is 7.95. The molecule has 0 aliphatic carbocycles. The van der Waals surface area contributed by atoms with Crippen molar-refractivity contribution in [3.63, 3.8) is 0 Å². The average molecular weight is 275 g/mol. The van der Waals surface area contributed by atoms with E-state index in [1.807, 2.05) is 25.3 Å². The van der Waals surface area contributed by atoms with Crippen molar-refractivity contribution >= 4 is 17.7 Å². The van der Waals surface area contributed by atoms with E-state index in [4.69, 9.17) is 5.73 Å². The van der Waals surface area contributed by atoms with Gasteiger partial charge in [-0.1, -0.05) is 13.8 Å². The Hall–Kier alpha value is -0.260. The Morgan fingerprint density at radius 1 is 1.28 bits per heavy atom. The van der Waals surface area contributed by atoms with E-state index in [2.05, 4.69) is 18.7 Å². The molecule has 2 N–H and O–H groups in total. The van der Waals surface area contributed by atoms with Crippen LogP contribution in [0.3, 0.4) is 0 Å². The van der Waals surface area contributed by atoms with Crippen molar-refractivity contribution in [3.8, 4) is 0 Å². The van der Waals surface area contributed by atoms with Crippen LogP contribution in [0.4, 0.5) is 0 Å². The molecule has 0 spiro atoms. The minimum Gasteiger partial charge on any atom is -0.340 e. The molecule has 5 heteroatoms. The van der Waals surface area contributed by atoms with E-state index in [0.29, 0.717) is 5.92 Å². The van der Waals surface area contributed by atoms with Crippen molar-refractivity contribution in [2.24, 2.45) is 11.7 Å². The molecule has 1 amide bonds. The number of thioether (sulfide) groups is 1. The molecule has 1 atom stereocenters. The number of likely N-dealkylation sites (N-methyl/N-ethyl adjacent to an activating group) is 1. The second-order valence-corrected chi connectivity index (χ2v) is 6.35. The summed E-state index contributed by atoms with van der Waals surface area (Å²) in [5.74, 6) is 1.51. The van der Waals surface area contributed by atoms with E-state index < -0.39 is 0 Å². The van der Waals surface area contributed by atoms with Gasteiger partial charge >= 0.3 is 0 Å². The van der Waals surface area contributed by atoms with Gasteiger partial charge in [-0.25, -0.2) is 0 Å². The highest BCUT2D eigenvalue weighted by Gasteiger charge is 2.21. The number of carbonyl (C=O) groups excluding carboxylic acids is 1. The van der Waals surface area contributed by atoms with Crippen LogP contribution in [0.15, 0.2) is 0 Å². The van der Waals surface area contributed by atoms with Crippen LogP contribution in [0.2, 0.25) is 0 Å². The third kappa shape index (κ3) is 7.95. The molecule has 0 aliphatic rings. The Labute approximate surface area is 116 Å². The molecule has 18 heavy (non-hydrogen) atoms. The second-order valence-electron chi connectivity index (χ2n) is 5.37. The van der Waals surface area contributed by atoms with E-state index in [-0.39, 0.29) is 11.9 Å². The molecule has 4 nitrogen and oxygen atoms in total. The molecule has 0 aliphatic heterocycles. The van der Waals surface area contributed by atoms with Gasteiger partial charge in [0, 0.05) is 19.6 Å². The zero-order valence-corrected chi connectivity index (χ0v) is 13.3. The number of carbonyl (C=O) groups is 1. The molecule has 0 heterocycles. The van der Waals surface area contributed by atoms with Crippen molar-refractivity contribution in [3.05, 3.63) is 0 Å². The average Bonchev–Trinajstić information content (AvgIpc) is 2.29. The van der Waals surface area contributed by atoms with Gasteiger partial charge in [0.2, 0.25) is 5.91 Å². The molecule has 0 saturated carbocycles. The van der Waals surface area contributed by atoms with Gasteiger partial charge in [0.15, 0.2) is 0 Å². The van der Waals surface area contributed by atoms with E-state index in [1.54, 1.807) is 11.8 Å². The van der Waals surface area contributed by atoms with Gasteiger partial charge in [-0.05, 0) is 38.4 Å². The van der Waals surface area contributed by atoms with Crippen molar-refractivity contribution in [1.29, 1.82) is 0 Å². The summed E-state index contributed by atoms with van der Waals surface area (Å²) in [6.45, 7) is 6.69. The molecular weight excluding hydrogens is 246 g/mol. The maximum absolute atomic E-state index is 12.3. The van der Waals surface area contributed by atoms with Gasteiger partial charge in [-0.2, -0.15) is 11.8 Å². The van der Waals surface area contributed by atoms with Crippen LogP contribution in [0.1, 0.15) is 20.3 Å². The first kappa shape index (κ1) is 17.7. The zero-order valence-electron chi connectivity index (χ0n) is 12.5. The molecule has 0 fully saturated rings. The summed E-state index contributed by atoms with van der Waals surface area (Å²) in [7, 11) is 4.04. The second kappa shape index (κ2) is 9.64. The van der Waals surface area contributed by atoms with E-state index in [9.17, 15) is 4.79 Å². The summed E-state index contributed by atoms with van der Waals surface area (Å²) in [6.07, 6.45) is 2.80. The van der Waals surface area contributed by atoms with Gasteiger partial charge in [0.1, 0.15) is 0 Å². The highest BCUT2D eigenvalue weighted by Crippen LogP contribution is 2.05. The number of rotatable bonds is 9. The van der Waals surface area contributed by atoms with Gasteiger partial charge < -0.3 is 15.5 Å². The number of nitrogens with two attached hydrogens (primary N) is 1. The Balaban J connectivity index is 4.37. The van der Waals surface area contributed by atoms with Crippen LogP contribution >= 0.6 is 11.8 Å². The summed E-state index contributed by atoms with van der Waals surface area (Å²) in [4.78, 5) is 16.3. The van der Waals surface area contributed by atoms with Crippen LogP contribution < -0.4 is 5.73 Å². The number of amides is 1. The van der Waals surface area contributed by atoms with Crippen LogP contribution in [0.5, 0.6) is 0 Å². The smallest absolute Gasteiger partial charge is 0.239 e. The fourth-order valence-corrected chi connectivity index (χ4v) is 2.15. The third-order valence-electron chi connectivity index (χ3n) is 2.66. The normalized spacial score (nSPS) is 13.1. The molecule has 0 bridgehead atoms. The SMILES string of the molecule is CSCC[C@H](N)C(=O)N(CCN(C)C)CC(C)C. The minimum absolute atomic E-state index is 0.0969. The van der Waals surface area contributed by atoms with Crippen molar-refractivity contribution in [2.75, 3.05) is 45.7 Å². The Kier molecular flexibility index (Phi) is 9.50. The summed E-state index contributed by atoms with van der Waals surface area (Å²) < 4.78 is 0. The third-order valence-corrected chi connectivity index (χ3v) is 3.31. The Bertz CT molecular complexity index is 234. The fourth-order valence-electron chi connectivity index (χ4n) is 1.66. The summed E-state index contributed by atoms with van der Waals surface area (Å²) in [5, 5.41) is 0. The van der Waals surface area contributed by atoms with Crippen LogP contribution in [-0.2, 0) is 4.79 Å². The van der Waals surface area contributed by atoms with Crippen LogP contribution in [-0.4, -0.2) is 67.5 Å². The molecule has 0 aromatic heterocycles. The molecule has 0 aromatic carbocycles. The molecule has 108 valence electrons. The summed E-state index contributed by atoms with van der Waals surface area (Å²) in [6, 6.07) is -0.349. The predicted octanol–water partition coefficient (Wildman–Crippen LogP) is 1.11. The number of hydrogen-bond acceptors (Lipinski definition) is 4. The largest absolute Gasteiger partial charge is 0.340 e. The van der Waals surface area contributed by atoms with E-state index in [0.717, 1.165) is 31.8 Å². The van der Waals surface area contributed by atoms with Gasteiger partial charge in [-0.15, -0.1) is 0 Å². The molecule has 0 unspecified atom stereocenters. The lowest BCUT2D eigenvalue weighted by atomic mass is 10.1. The van der Waals surface area contributed by atoms with Gasteiger partial charge in [-0.3, -0.25) is 4.79 Å². The summed E-state index contributed by atoms with van der Waals surface area (Å²) in [5.41, 5.74) is 5.97. The van der Waals surface area contributed by atoms with Crippen LogP contribution in [0, 0.1) is 5.92 Å². The molecule has 0 saturated heterocycles. The van der Waals surface area contributed by atoms with Gasteiger partial charge in [0.25, 0.3) is 0 Å². The first-order valence-electron chi connectivity index (χ1n) is 6.56. The maximum atomic E-state index is 12.3. The van der Waals surface area contributed by atoms with E-state index in [1.165, 1.54) is 0 Å². The lowest BCUT2D eigenvalue weighted by molar-refractivity contribution is -0.133. The number of hydrogen-bond donors (Lipinski definition) is 1.